The van der Waals surface area contributed by atoms with Gasteiger partial charge < -0.3 is 10.0 Å². The van der Waals surface area contributed by atoms with Crippen LogP contribution in [0.4, 0.5) is 16.2 Å². The summed E-state index contributed by atoms with van der Waals surface area (Å²) in [4.78, 5) is 27.7. The monoisotopic (exact) mass is 430 g/mol. The number of fused-ring (bicyclic) bond motifs is 1. The number of amides is 2. The number of carbonyl (C=O) groups is 2. The minimum absolute atomic E-state index is 0.0264. The third-order valence-corrected chi connectivity index (χ3v) is 7.05. The van der Waals surface area contributed by atoms with Crippen LogP contribution >= 0.6 is 0 Å². The number of rotatable bonds is 5. The Morgan fingerprint density at radius 1 is 1.03 bits per heavy atom. The van der Waals surface area contributed by atoms with Crippen LogP contribution in [0.25, 0.3) is 11.1 Å². The van der Waals surface area contributed by atoms with Gasteiger partial charge in [-0.05, 0) is 48.7 Å². The van der Waals surface area contributed by atoms with E-state index in [-0.39, 0.29) is 29.1 Å². The molecule has 1 aliphatic rings. The van der Waals surface area contributed by atoms with Crippen molar-refractivity contribution in [2.45, 2.75) is 44.6 Å². The normalized spacial score (nSPS) is 16.3. The van der Waals surface area contributed by atoms with Gasteiger partial charge in [-0.15, -0.1) is 0 Å². The number of carbonyl (C=O) groups excluding carboxylic acids is 1. The Balaban J connectivity index is 2.06. The first-order chi connectivity index (χ1) is 14.2. The lowest BCUT2D eigenvalue weighted by atomic mass is 10.0. The van der Waals surface area contributed by atoms with Crippen molar-refractivity contribution in [2.24, 2.45) is 0 Å². The minimum Gasteiger partial charge on any atom is -0.465 e. The van der Waals surface area contributed by atoms with Crippen molar-refractivity contribution in [1.29, 1.82) is 0 Å². The third kappa shape index (κ3) is 4.05. The van der Waals surface area contributed by atoms with E-state index in [1.165, 1.54) is 4.90 Å². The maximum absolute atomic E-state index is 12.7. The van der Waals surface area contributed by atoms with Crippen molar-refractivity contribution in [3.05, 3.63) is 42.5 Å². The molecular weight excluding hydrogens is 404 g/mol. The van der Waals surface area contributed by atoms with Gasteiger partial charge in [0.15, 0.2) is 9.84 Å². The summed E-state index contributed by atoms with van der Waals surface area (Å²) in [5, 5.41) is 9.70. The average molecular weight is 431 g/mol. The maximum atomic E-state index is 12.7. The van der Waals surface area contributed by atoms with Crippen molar-refractivity contribution in [1.82, 2.24) is 0 Å². The quantitative estimate of drug-likeness (QED) is 0.768. The highest BCUT2D eigenvalue weighted by Gasteiger charge is 2.34. The fraction of sp³-hybridized carbons (Fsp3) is 0.364. The lowest BCUT2D eigenvalue weighted by Gasteiger charge is -2.40. The molecule has 8 heteroatoms. The first-order valence-electron chi connectivity index (χ1n) is 9.99. The molecule has 0 aliphatic carbocycles. The second kappa shape index (κ2) is 8.47. The summed E-state index contributed by atoms with van der Waals surface area (Å²) in [5.74, 6) is -0.00312. The molecule has 0 fully saturated rings. The summed E-state index contributed by atoms with van der Waals surface area (Å²) in [7, 11) is -3.29. The first-order valence-corrected chi connectivity index (χ1v) is 11.6. The van der Waals surface area contributed by atoms with Gasteiger partial charge in [-0.3, -0.25) is 9.69 Å². The molecule has 1 N–H and O–H groups in total. The van der Waals surface area contributed by atoms with Gasteiger partial charge in [-0.1, -0.05) is 32.0 Å². The van der Waals surface area contributed by atoms with Gasteiger partial charge in [0, 0.05) is 13.0 Å². The summed E-state index contributed by atoms with van der Waals surface area (Å²) >= 11 is 0. The zero-order chi connectivity index (χ0) is 22.1. The molecule has 0 spiro atoms. The molecule has 0 aromatic heterocycles. The molecule has 7 nitrogen and oxygen atoms in total. The highest BCUT2D eigenvalue weighted by molar-refractivity contribution is 7.91. The lowest BCUT2D eigenvalue weighted by molar-refractivity contribution is -0.119. The summed E-state index contributed by atoms with van der Waals surface area (Å²) in [6, 6.07) is 11.6. The Bertz CT molecular complexity index is 1060. The van der Waals surface area contributed by atoms with E-state index in [9.17, 15) is 23.1 Å². The van der Waals surface area contributed by atoms with Crippen LogP contribution in [0.1, 0.15) is 33.6 Å². The molecule has 1 heterocycles. The van der Waals surface area contributed by atoms with Gasteiger partial charge in [0.1, 0.15) is 0 Å². The predicted molar refractivity (Wildman–Crippen MR) is 117 cm³/mol. The van der Waals surface area contributed by atoms with Crippen LogP contribution in [0.3, 0.4) is 0 Å². The van der Waals surface area contributed by atoms with Crippen molar-refractivity contribution in [2.75, 3.05) is 22.1 Å². The smallest absolute Gasteiger partial charge is 0.411 e. The van der Waals surface area contributed by atoms with Gasteiger partial charge in [0.25, 0.3) is 0 Å². The van der Waals surface area contributed by atoms with E-state index < -0.39 is 15.9 Å². The molecule has 160 valence electrons. The molecule has 0 radical (unpaired) electrons. The van der Waals surface area contributed by atoms with Crippen LogP contribution in [-0.4, -0.2) is 43.9 Å². The number of hydrogen-bond donors (Lipinski definition) is 1. The average Bonchev–Trinajstić information content (AvgIpc) is 2.73. The molecule has 1 aliphatic heterocycles. The summed E-state index contributed by atoms with van der Waals surface area (Å²) in [6.07, 6.45) is 0.0316. The molecule has 0 unspecified atom stereocenters. The number of hydrogen-bond acceptors (Lipinski definition) is 4. The van der Waals surface area contributed by atoms with Gasteiger partial charge >= 0.3 is 6.09 Å². The van der Waals surface area contributed by atoms with Gasteiger partial charge in [0.2, 0.25) is 5.91 Å². The Labute approximate surface area is 176 Å². The summed E-state index contributed by atoms with van der Waals surface area (Å²) in [6.45, 7) is 5.56. The topological polar surface area (TPSA) is 95.0 Å². The van der Waals surface area contributed by atoms with Crippen molar-refractivity contribution < 1.29 is 23.1 Å². The highest BCUT2D eigenvalue weighted by atomic mass is 32.2. The van der Waals surface area contributed by atoms with E-state index in [1.807, 2.05) is 19.9 Å². The fourth-order valence-electron chi connectivity index (χ4n) is 3.72. The van der Waals surface area contributed by atoms with E-state index in [0.29, 0.717) is 24.2 Å². The van der Waals surface area contributed by atoms with E-state index >= 15 is 0 Å². The molecule has 0 bridgehead atoms. The van der Waals surface area contributed by atoms with Crippen LogP contribution in [-0.2, 0) is 14.6 Å². The zero-order valence-electron chi connectivity index (χ0n) is 17.3. The molecule has 2 aromatic carbocycles. The van der Waals surface area contributed by atoms with Crippen LogP contribution in [0.2, 0.25) is 0 Å². The predicted octanol–water partition coefficient (Wildman–Crippen LogP) is 4.17. The van der Waals surface area contributed by atoms with E-state index in [1.54, 1.807) is 48.2 Å². The molecule has 2 amide bonds. The zero-order valence-corrected chi connectivity index (χ0v) is 18.1. The Kier molecular flexibility index (Phi) is 6.17. The number of nitrogens with zero attached hydrogens (tertiary/aromatic N) is 2. The minimum atomic E-state index is -3.29. The molecular formula is C22H26N2O5S. The van der Waals surface area contributed by atoms with Gasteiger partial charge in [-0.25, -0.2) is 13.2 Å². The number of sulfone groups is 1. The third-order valence-electron chi connectivity index (χ3n) is 5.30. The second-order valence-corrected chi connectivity index (χ2v) is 9.67. The molecule has 1 atom stereocenters. The van der Waals surface area contributed by atoms with E-state index in [4.69, 9.17) is 0 Å². The second-order valence-electron chi connectivity index (χ2n) is 7.39. The molecule has 2 aromatic rings. The number of anilines is 2. The Morgan fingerprint density at radius 3 is 2.23 bits per heavy atom. The largest absolute Gasteiger partial charge is 0.465 e. The van der Waals surface area contributed by atoms with Crippen molar-refractivity contribution in [3.63, 3.8) is 0 Å². The van der Waals surface area contributed by atoms with Gasteiger partial charge in [-0.2, -0.15) is 0 Å². The number of carboxylic acid groups (broad SMARTS) is 1. The van der Waals surface area contributed by atoms with Crippen molar-refractivity contribution >= 4 is 33.2 Å². The fourth-order valence-corrected chi connectivity index (χ4v) is 4.61. The molecule has 30 heavy (non-hydrogen) atoms. The lowest BCUT2D eigenvalue weighted by Crippen LogP contribution is -2.51. The highest BCUT2D eigenvalue weighted by Crippen LogP contribution is 2.39. The van der Waals surface area contributed by atoms with Crippen LogP contribution in [0.5, 0.6) is 0 Å². The summed E-state index contributed by atoms with van der Waals surface area (Å²) < 4.78 is 24.1. The SMILES string of the molecule is CCCC(=O)N1c2ccc(-c3ccc(S(=O)(=O)CC)cc3)cc2N(C(=O)O)C[C@@H]1C. The Morgan fingerprint density at radius 2 is 1.67 bits per heavy atom. The van der Waals surface area contributed by atoms with E-state index in [0.717, 1.165) is 11.1 Å². The first kappa shape index (κ1) is 21.8. The molecule has 0 saturated heterocycles. The van der Waals surface area contributed by atoms with Crippen LogP contribution in [0.15, 0.2) is 47.4 Å². The van der Waals surface area contributed by atoms with Crippen molar-refractivity contribution in [3.8, 4) is 11.1 Å². The molecule has 0 saturated carbocycles. The maximum Gasteiger partial charge on any atom is 0.411 e. The standard InChI is InChI=1S/C22H26N2O5S/c1-4-6-21(25)24-15(3)14-23(22(26)27)20-13-17(9-12-19(20)24)16-7-10-18(11-8-16)30(28,29)5-2/h7-13,15H,4-6,14H2,1-3H3,(H,26,27)/t15-/m0/s1. The summed E-state index contributed by atoms with van der Waals surface area (Å²) in [5.41, 5.74) is 2.54. The van der Waals surface area contributed by atoms with Gasteiger partial charge in [0.05, 0.1) is 28.1 Å². The Hall–Kier alpha value is -2.87. The van der Waals surface area contributed by atoms with Crippen LogP contribution < -0.4 is 9.80 Å². The van der Waals surface area contributed by atoms with E-state index in [2.05, 4.69) is 0 Å². The van der Waals surface area contributed by atoms with Crippen LogP contribution in [0, 0.1) is 0 Å². The molecule has 3 rings (SSSR count). The number of benzene rings is 2.